The Labute approximate surface area is 114 Å². The maximum Gasteiger partial charge on any atom is 0.416 e. The summed E-state index contributed by atoms with van der Waals surface area (Å²) < 4.78 is 42.9. The van der Waals surface area contributed by atoms with Gasteiger partial charge in [-0.1, -0.05) is 26.0 Å². The van der Waals surface area contributed by atoms with Crippen LogP contribution in [-0.2, 0) is 11.0 Å². The molecule has 0 spiro atoms. The highest BCUT2D eigenvalue weighted by molar-refractivity contribution is 5.85. The van der Waals surface area contributed by atoms with Crippen molar-refractivity contribution in [1.82, 2.24) is 0 Å². The Kier molecular flexibility index (Phi) is 3.70. The lowest BCUT2D eigenvalue weighted by Crippen LogP contribution is -2.14. The van der Waals surface area contributed by atoms with Crippen molar-refractivity contribution in [2.24, 2.45) is 5.92 Å². The van der Waals surface area contributed by atoms with Crippen LogP contribution in [0, 0.1) is 5.92 Å². The van der Waals surface area contributed by atoms with Crippen LogP contribution in [0.4, 0.5) is 13.2 Å². The summed E-state index contributed by atoms with van der Waals surface area (Å²) in [7, 11) is 0. The molecule has 0 unspecified atom stereocenters. The van der Waals surface area contributed by atoms with Gasteiger partial charge in [-0.3, -0.25) is 4.79 Å². The molecule has 0 aliphatic rings. The SMILES string of the molecule is CC(C)C(=O)Oc1ccc2cc(C(F)(F)F)ccc2c1. The van der Waals surface area contributed by atoms with E-state index in [1.807, 2.05) is 0 Å². The smallest absolute Gasteiger partial charge is 0.416 e. The first-order valence-corrected chi connectivity index (χ1v) is 6.10. The third-order valence-electron chi connectivity index (χ3n) is 2.83. The molecule has 20 heavy (non-hydrogen) atoms. The van der Waals surface area contributed by atoms with Gasteiger partial charge in [0.05, 0.1) is 11.5 Å². The summed E-state index contributed by atoms with van der Waals surface area (Å²) in [5.74, 6) is -0.314. The van der Waals surface area contributed by atoms with Crippen molar-refractivity contribution in [2.75, 3.05) is 0 Å². The van der Waals surface area contributed by atoms with Crippen LogP contribution in [0.15, 0.2) is 36.4 Å². The molecule has 0 bridgehead atoms. The molecule has 5 heteroatoms. The molecule has 0 saturated carbocycles. The van der Waals surface area contributed by atoms with E-state index in [1.54, 1.807) is 19.9 Å². The lowest BCUT2D eigenvalue weighted by atomic mass is 10.1. The van der Waals surface area contributed by atoms with Crippen molar-refractivity contribution in [3.8, 4) is 5.75 Å². The van der Waals surface area contributed by atoms with Crippen LogP contribution < -0.4 is 4.74 Å². The molecule has 0 aliphatic carbocycles. The molecule has 0 atom stereocenters. The van der Waals surface area contributed by atoms with Crippen molar-refractivity contribution in [1.29, 1.82) is 0 Å². The summed E-state index contributed by atoms with van der Waals surface area (Å²) in [5, 5.41) is 1.04. The molecule has 2 nitrogen and oxygen atoms in total. The minimum atomic E-state index is -4.36. The topological polar surface area (TPSA) is 26.3 Å². The normalized spacial score (nSPS) is 11.9. The molecular formula is C15H13F3O2. The highest BCUT2D eigenvalue weighted by atomic mass is 19.4. The second-order valence-corrected chi connectivity index (χ2v) is 4.80. The number of carbonyl (C=O) groups excluding carboxylic acids is 1. The van der Waals surface area contributed by atoms with E-state index < -0.39 is 11.7 Å². The van der Waals surface area contributed by atoms with Crippen molar-refractivity contribution in [3.63, 3.8) is 0 Å². The summed E-state index contributed by atoms with van der Waals surface area (Å²) in [6.07, 6.45) is -4.36. The van der Waals surface area contributed by atoms with Crippen molar-refractivity contribution >= 4 is 16.7 Å². The molecule has 0 fully saturated rings. The molecule has 0 heterocycles. The first kappa shape index (κ1) is 14.4. The molecular weight excluding hydrogens is 269 g/mol. The minimum absolute atomic E-state index is 0.265. The minimum Gasteiger partial charge on any atom is -0.426 e. The van der Waals surface area contributed by atoms with Crippen molar-refractivity contribution in [2.45, 2.75) is 20.0 Å². The van der Waals surface area contributed by atoms with Gasteiger partial charge in [-0.05, 0) is 35.0 Å². The van der Waals surface area contributed by atoms with Crippen LogP contribution >= 0.6 is 0 Å². The Bertz CT molecular complexity index is 645. The van der Waals surface area contributed by atoms with Gasteiger partial charge in [0, 0.05) is 0 Å². The Morgan fingerprint density at radius 3 is 2.25 bits per heavy atom. The summed E-state index contributed by atoms with van der Waals surface area (Å²) in [6, 6.07) is 8.00. The molecule has 0 amide bonds. The quantitative estimate of drug-likeness (QED) is 0.602. The lowest BCUT2D eigenvalue weighted by molar-refractivity contribution is -0.138. The number of alkyl halides is 3. The zero-order valence-corrected chi connectivity index (χ0v) is 11.0. The van der Waals surface area contributed by atoms with E-state index in [2.05, 4.69) is 0 Å². The van der Waals surface area contributed by atoms with Gasteiger partial charge >= 0.3 is 12.1 Å². The first-order valence-electron chi connectivity index (χ1n) is 6.10. The number of fused-ring (bicyclic) bond motifs is 1. The van der Waals surface area contributed by atoms with Gasteiger partial charge in [-0.2, -0.15) is 13.2 Å². The predicted octanol–water partition coefficient (Wildman–Crippen LogP) is 4.42. The second-order valence-electron chi connectivity index (χ2n) is 4.80. The van der Waals surface area contributed by atoms with Gasteiger partial charge < -0.3 is 4.74 Å². The monoisotopic (exact) mass is 282 g/mol. The van der Waals surface area contributed by atoms with Crippen LogP contribution in [0.2, 0.25) is 0 Å². The molecule has 0 N–H and O–H groups in total. The van der Waals surface area contributed by atoms with E-state index >= 15 is 0 Å². The number of benzene rings is 2. The Morgan fingerprint density at radius 1 is 1.05 bits per heavy atom. The van der Waals surface area contributed by atoms with Crippen LogP contribution in [-0.4, -0.2) is 5.97 Å². The van der Waals surface area contributed by atoms with Crippen LogP contribution in [0.1, 0.15) is 19.4 Å². The third kappa shape index (κ3) is 3.10. The third-order valence-corrected chi connectivity index (χ3v) is 2.83. The van der Waals surface area contributed by atoms with Crippen molar-refractivity contribution < 1.29 is 22.7 Å². The van der Waals surface area contributed by atoms with Crippen LogP contribution in [0.25, 0.3) is 10.8 Å². The first-order chi connectivity index (χ1) is 9.27. The van der Waals surface area contributed by atoms with Crippen LogP contribution in [0.5, 0.6) is 5.75 Å². The largest absolute Gasteiger partial charge is 0.426 e. The van der Waals surface area contributed by atoms with E-state index in [0.717, 1.165) is 12.1 Å². The number of rotatable bonds is 2. The van der Waals surface area contributed by atoms with Gasteiger partial charge in [-0.25, -0.2) is 0 Å². The fourth-order valence-electron chi connectivity index (χ4n) is 1.70. The maximum atomic E-state index is 12.6. The number of esters is 1. The average Bonchev–Trinajstić information content (AvgIpc) is 2.36. The molecule has 2 aromatic carbocycles. The Balaban J connectivity index is 2.34. The molecule has 0 aliphatic heterocycles. The fraction of sp³-hybridized carbons (Fsp3) is 0.267. The van der Waals surface area contributed by atoms with Gasteiger partial charge in [0.15, 0.2) is 0 Å². The summed E-state index contributed by atoms with van der Waals surface area (Å²) in [5.41, 5.74) is -0.697. The predicted molar refractivity (Wildman–Crippen MR) is 69.4 cm³/mol. The van der Waals surface area contributed by atoms with Gasteiger partial charge in [0.25, 0.3) is 0 Å². The number of ether oxygens (including phenoxy) is 1. The second kappa shape index (κ2) is 5.15. The summed E-state index contributed by atoms with van der Waals surface area (Å²) in [4.78, 5) is 11.5. The molecule has 106 valence electrons. The van der Waals surface area contributed by atoms with E-state index in [1.165, 1.54) is 18.2 Å². The van der Waals surface area contributed by atoms with E-state index in [9.17, 15) is 18.0 Å². The summed E-state index contributed by atoms with van der Waals surface area (Å²) in [6.45, 7) is 3.41. The van der Waals surface area contributed by atoms with Gasteiger partial charge in [-0.15, -0.1) is 0 Å². The Hall–Kier alpha value is -2.04. The number of halogens is 3. The zero-order valence-electron chi connectivity index (χ0n) is 11.0. The van der Waals surface area contributed by atoms with Crippen molar-refractivity contribution in [3.05, 3.63) is 42.0 Å². The highest BCUT2D eigenvalue weighted by Gasteiger charge is 2.30. The molecule has 0 saturated heterocycles. The lowest BCUT2D eigenvalue weighted by Gasteiger charge is -2.10. The fourth-order valence-corrected chi connectivity index (χ4v) is 1.70. The van der Waals surface area contributed by atoms with Gasteiger partial charge in [0.2, 0.25) is 0 Å². The van der Waals surface area contributed by atoms with E-state index in [0.29, 0.717) is 16.5 Å². The molecule has 2 rings (SSSR count). The summed E-state index contributed by atoms with van der Waals surface area (Å²) >= 11 is 0. The molecule has 0 radical (unpaired) electrons. The standard InChI is InChI=1S/C15H13F3O2/c1-9(2)14(19)20-13-6-4-10-7-12(15(16,17)18)5-3-11(10)8-13/h3-9H,1-2H3. The maximum absolute atomic E-state index is 12.6. The van der Waals surface area contributed by atoms with E-state index in [4.69, 9.17) is 4.74 Å². The average molecular weight is 282 g/mol. The molecule has 0 aromatic heterocycles. The zero-order chi connectivity index (χ0) is 14.9. The number of hydrogen-bond acceptors (Lipinski definition) is 2. The van der Waals surface area contributed by atoms with Crippen LogP contribution in [0.3, 0.4) is 0 Å². The molecule has 2 aromatic rings. The van der Waals surface area contributed by atoms with Gasteiger partial charge in [0.1, 0.15) is 5.75 Å². The highest BCUT2D eigenvalue weighted by Crippen LogP contribution is 2.32. The number of hydrogen-bond donors (Lipinski definition) is 0. The number of carbonyl (C=O) groups is 1. The van der Waals surface area contributed by atoms with E-state index in [-0.39, 0.29) is 11.9 Å². The Morgan fingerprint density at radius 2 is 1.65 bits per heavy atom.